The van der Waals surface area contributed by atoms with Gasteiger partial charge >= 0.3 is 0 Å². The fraction of sp³-hybridized carbons (Fsp3) is 0.0435. The summed E-state index contributed by atoms with van der Waals surface area (Å²) < 4.78 is 1.02. The zero-order valence-corrected chi connectivity index (χ0v) is 16.7. The van der Waals surface area contributed by atoms with E-state index in [4.69, 9.17) is 0 Å². The van der Waals surface area contributed by atoms with Gasteiger partial charge in [-0.1, -0.05) is 53.8 Å². The van der Waals surface area contributed by atoms with Crippen LogP contribution < -0.4 is 10.3 Å². The van der Waals surface area contributed by atoms with E-state index in [0.29, 0.717) is 23.0 Å². The standard InChI is InChI=1S/C23H17N5OS/c29-22-18(15-25-14-16-10-12-24-13-11-16)21(17-6-2-1-3-7-17)27-28(22)23-26-19-8-4-5-9-20(19)30-23/h1-13,15,25H,14H2/b18-15+. The van der Waals surface area contributed by atoms with E-state index in [0.717, 1.165) is 21.3 Å². The molecule has 1 aliphatic rings. The quantitative estimate of drug-likeness (QED) is 0.502. The van der Waals surface area contributed by atoms with Crippen molar-refractivity contribution in [2.75, 3.05) is 5.01 Å². The van der Waals surface area contributed by atoms with Crippen LogP contribution in [0.2, 0.25) is 0 Å². The minimum absolute atomic E-state index is 0.199. The second kappa shape index (κ2) is 7.88. The number of amides is 1. The molecule has 5 rings (SSSR count). The number of para-hydroxylation sites is 1. The monoisotopic (exact) mass is 411 g/mol. The third kappa shape index (κ3) is 3.46. The summed E-state index contributed by atoms with van der Waals surface area (Å²) in [6.07, 6.45) is 5.23. The van der Waals surface area contributed by atoms with Gasteiger partial charge in [0, 0.05) is 30.7 Å². The van der Waals surface area contributed by atoms with Gasteiger partial charge in [-0.2, -0.15) is 10.1 Å². The molecule has 2 aromatic heterocycles. The number of aromatic nitrogens is 2. The lowest BCUT2D eigenvalue weighted by Crippen LogP contribution is -2.22. The van der Waals surface area contributed by atoms with E-state index in [2.05, 4.69) is 20.4 Å². The molecule has 7 heteroatoms. The van der Waals surface area contributed by atoms with Crippen LogP contribution >= 0.6 is 11.3 Å². The number of rotatable bonds is 5. The summed E-state index contributed by atoms with van der Waals surface area (Å²) in [6.45, 7) is 0.586. The summed E-state index contributed by atoms with van der Waals surface area (Å²) in [5.74, 6) is -0.199. The van der Waals surface area contributed by atoms with Crippen LogP contribution in [-0.4, -0.2) is 21.6 Å². The molecule has 3 heterocycles. The number of carbonyl (C=O) groups is 1. The van der Waals surface area contributed by atoms with Gasteiger partial charge in [-0.25, -0.2) is 4.98 Å². The molecule has 0 radical (unpaired) electrons. The first kappa shape index (κ1) is 18.2. The largest absolute Gasteiger partial charge is 0.386 e. The van der Waals surface area contributed by atoms with Crippen molar-refractivity contribution in [1.29, 1.82) is 0 Å². The Labute approximate surface area is 177 Å². The number of thiazole rings is 1. The van der Waals surface area contributed by atoms with Crippen LogP contribution in [0.25, 0.3) is 10.2 Å². The fourth-order valence-electron chi connectivity index (χ4n) is 3.21. The van der Waals surface area contributed by atoms with Gasteiger partial charge in [0.25, 0.3) is 5.91 Å². The average Bonchev–Trinajstić information content (AvgIpc) is 3.36. The molecule has 1 aliphatic heterocycles. The lowest BCUT2D eigenvalue weighted by molar-refractivity contribution is -0.114. The number of hydrogen-bond donors (Lipinski definition) is 1. The molecule has 1 N–H and O–H groups in total. The molecule has 0 fully saturated rings. The predicted molar refractivity (Wildman–Crippen MR) is 119 cm³/mol. The number of fused-ring (bicyclic) bond motifs is 1. The Morgan fingerprint density at radius 2 is 1.73 bits per heavy atom. The van der Waals surface area contributed by atoms with E-state index in [1.54, 1.807) is 18.6 Å². The van der Waals surface area contributed by atoms with E-state index in [1.165, 1.54) is 16.3 Å². The molecule has 146 valence electrons. The van der Waals surface area contributed by atoms with Gasteiger partial charge in [0.1, 0.15) is 5.71 Å². The molecular weight excluding hydrogens is 394 g/mol. The highest BCUT2D eigenvalue weighted by atomic mass is 32.1. The Balaban J connectivity index is 1.49. The van der Waals surface area contributed by atoms with Crippen molar-refractivity contribution in [1.82, 2.24) is 15.3 Å². The van der Waals surface area contributed by atoms with Gasteiger partial charge < -0.3 is 5.32 Å². The second-order valence-corrected chi connectivity index (χ2v) is 7.70. The van der Waals surface area contributed by atoms with Crippen LogP contribution in [0, 0.1) is 0 Å². The highest BCUT2D eigenvalue weighted by Gasteiger charge is 2.33. The normalized spacial score (nSPS) is 15.1. The molecule has 0 unspecified atom stereocenters. The SMILES string of the molecule is O=C1/C(=C/NCc2ccncc2)C(c2ccccc2)=NN1c1nc2ccccc2s1. The number of hydrogen-bond acceptors (Lipinski definition) is 6. The maximum Gasteiger partial charge on any atom is 0.284 e. The van der Waals surface area contributed by atoms with Gasteiger partial charge in [-0.15, -0.1) is 0 Å². The van der Waals surface area contributed by atoms with Crippen LogP contribution in [0.15, 0.2) is 96.0 Å². The first-order valence-electron chi connectivity index (χ1n) is 9.46. The van der Waals surface area contributed by atoms with E-state index in [-0.39, 0.29) is 5.91 Å². The smallest absolute Gasteiger partial charge is 0.284 e. The summed E-state index contributed by atoms with van der Waals surface area (Å²) in [5, 5.41) is 9.84. The molecule has 0 aliphatic carbocycles. The number of nitrogens with zero attached hydrogens (tertiary/aromatic N) is 4. The minimum Gasteiger partial charge on any atom is -0.386 e. The van der Waals surface area contributed by atoms with Crippen molar-refractivity contribution in [3.63, 3.8) is 0 Å². The summed E-state index contributed by atoms with van der Waals surface area (Å²) in [4.78, 5) is 21.9. The molecule has 30 heavy (non-hydrogen) atoms. The molecule has 0 saturated heterocycles. The molecule has 2 aromatic carbocycles. The van der Waals surface area contributed by atoms with Crippen LogP contribution in [0.4, 0.5) is 5.13 Å². The van der Waals surface area contributed by atoms with Crippen molar-refractivity contribution >= 4 is 38.3 Å². The summed E-state index contributed by atoms with van der Waals surface area (Å²) in [7, 11) is 0. The van der Waals surface area contributed by atoms with E-state index in [1.807, 2.05) is 66.7 Å². The van der Waals surface area contributed by atoms with Gasteiger partial charge in [-0.3, -0.25) is 9.78 Å². The summed E-state index contributed by atoms with van der Waals surface area (Å²) >= 11 is 1.45. The van der Waals surface area contributed by atoms with Crippen LogP contribution in [0.5, 0.6) is 0 Å². The lowest BCUT2D eigenvalue weighted by atomic mass is 10.0. The Bertz CT molecular complexity index is 1230. The molecule has 0 bridgehead atoms. The molecule has 0 saturated carbocycles. The van der Waals surface area contributed by atoms with Crippen molar-refractivity contribution in [3.05, 3.63) is 102 Å². The number of hydrazone groups is 1. The van der Waals surface area contributed by atoms with Gasteiger partial charge in [-0.05, 0) is 29.8 Å². The van der Waals surface area contributed by atoms with Crippen LogP contribution in [0.3, 0.4) is 0 Å². The number of anilines is 1. The van der Waals surface area contributed by atoms with E-state index < -0.39 is 0 Å². The van der Waals surface area contributed by atoms with Crippen LogP contribution in [-0.2, 0) is 11.3 Å². The van der Waals surface area contributed by atoms with Crippen molar-refractivity contribution in [2.24, 2.45) is 5.10 Å². The van der Waals surface area contributed by atoms with Gasteiger partial charge in [0.2, 0.25) is 5.13 Å². The minimum atomic E-state index is -0.199. The highest BCUT2D eigenvalue weighted by Crippen LogP contribution is 2.33. The van der Waals surface area contributed by atoms with E-state index >= 15 is 0 Å². The Morgan fingerprint density at radius 1 is 0.967 bits per heavy atom. The first-order chi connectivity index (χ1) is 14.8. The highest BCUT2D eigenvalue weighted by molar-refractivity contribution is 7.22. The van der Waals surface area contributed by atoms with Crippen LogP contribution in [0.1, 0.15) is 11.1 Å². The third-order valence-corrected chi connectivity index (χ3v) is 5.70. The third-order valence-electron chi connectivity index (χ3n) is 4.69. The zero-order valence-electron chi connectivity index (χ0n) is 15.9. The summed E-state index contributed by atoms with van der Waals surface area (Å²) in [5.41, 5.74) is 3.95. The van der Waals surface area contributed by atoms with Crippen molar-refractivity contribution < 1.29 is 4.79 Å². The fourth-order valence-corrected chi connectivity index (χ4v) is 4.12. The van der Waals surface area contributed by atoms with Crippen molar-refractivity contribution in [3.8, 4) is 0 Å². The predicted octanol–water partition coefficient (Wildman–Crippen LogP) is 4.12. The summed E-state index contributed by atoms with van der Waals surface area (Å²) in [6, 6.07) is 21.4. The Hall–Kier alpha value is -3.84. The number of pyridine rings is 1. The molecule has 0 atom stereocenters. The number of benzene rings is 2. The van der Waals surface area contributed by atoms with Gasteiger partial charge in [0.05, 0.1) is 15.8 Å². The average molecular weight is 411 g/mol. The number of carbonyl (C=O) groups excluding carboxylic acids is 1. The van der Waals surface area contributed by atoms with Crippen molar-refractivity contribution in [2.45, 2.75) is 6.54 Å². The molecule has 1 amide bonds. The Morgan fingerprint density at radius 3 is 2.53 bits per heavy atom. The lowest BCUT2D eigenvalue weighted by Gasteiger charge is -2.07. The number of nitrogens with one attached hydrogen (secondary N) is 1. The Kier molecular flexibility index (Phi) is 4.78. The van der Waals surface area contributed by atoms with E-state index in [9.17, 15) is 4.79 Å². The topological polar surface area (TPSA) is 70.5 Å². The molecule has 6 nitrogen and oxygen atoms in total. The molecule has 4 aromatic rings. The first-order valence-corrected chi connectivity index (χ1v) is 10.3. The maximum atomic E-state index is 13.3. The molecule has 0 spiro atoms. The second-order valence-electron chi connectivity index (χ2n) is 6.69. The maximum absolute atomic E-state index is 13.3. The van der Waals surface area contributed by atoms with Gasteiger partial charge in [0.15, 0.2) is 0 Å². The zero-order chi connectivity index (χ0) is 20.3. The molecular formula is C23H17N5OS.